The van der Waals surface area contributed by atoms with E-state index in [1.54, 1.807) is 11.8 Å². The molecule has 0 bridgehead atoms. The van der Waals surface area contributed by atoms with Crippen molar-refractivity contribution in [2.75, 3.05) is 0 Å². The first kappa shape index (κ1) is 14.8. The number of thiophene rings is 1. The van der Waals surface area contributed by atoms with Gasteiger partial charge >= 0.3 is 5.97 Å². The van der Waals surface area contributed by atoms with Gasteiger partial charge in [0.2, 0.25) is 0 Å². The standard InChI is InChI=1S/C21H12O2S2/c22-21(23)18-11-16-14-7-3-4-8-17(14)24-19-13-6-2-1-5-12(13)9-10-15(19)20(16)25-18/h1-11H,(H,22,23). The molecule has 0 aliphatic carbocycles. The van der Waals surface area contributed by atoms with Gasteiger partial charge in [-0.2, -0.15) is 0 Å². The lowest BCUT2D eigenvalue weighted by Gasteiger charge is -2.10. The Morgan fingerprint density at radius 2 is 1.64 bits per heavy atom. The molecule has 4 heteroatoms. The van der Waals surface area contributed by atoms with Gasteiger partial charge in [-0.05, 0) is 28.5 Å². The van der Waals surface area contributed by atoms with Crippen molar-refractivity contribution in [2.24, 2.45) is 0 Å². The van der Waals surface area contributed by atoms with E-state index >= 15 is 0 Å². The lowest BCUT2D eigenvalue weighted by Crippen LogP contribution is -1.90. The molecule has 5 rings (SSSR count). The van der Waals surface area contributed by atoms with Crippen LogP contribution in [0.3, 0.4) is 0 Å². The summed E-state index contributed by atoms with van der Waals surface area (Å²) in [5.74, 6) is -0.870. The Morgan fingerprint density at radius 3 is 2.52 bits per heavy atom. The van der Waals surface area contributed by atoms with Crippen LogP contribution >= 0.6 is 23.1 Å². The van der Waals surface area contributed by atoms with E-state index in [0.29, 0.717) is 4.88 Å². The number of hydrogen-bond acceptors (Lipinski definition) is 3. The van der Waals surface area contributed by atoms with Crippen molar-refractivity contribution in [3.63, 3.8) is 0 Å². The van der Waals surface area contributed by atoms with Crippen molar-refractivity contribution in [3.05, 3.63) is 71.6 Å². The lowest BCUT2D eigenvalue weighted by molar-refractivity contribution is 0.0702. The van der Waals surface area contributed by atoms with Gasteiger partial charge in [-0.3, -0.25) is 0 Å². The molecule has 0 unspecified atom stereocenters. The quantitative estimate of drug-likeness (QED) is 0.376. The molecule has 25 heavy (non-hydrogen) atoms. The van der Waals surface area contributed by atoms with Gasteiger partial charge < -0.3 is 5.11 Å². The molecule has 2 heterocycles. The first-order valence-corrected chi connectivity index (χ1v) is 9.52. The highest BCUT2D eigenvalue weighted by Crippen LogP contribution is 2.52. The maximum atomic E-state index is 11.5. The van der Waals surface area contributed by atoms with Crippen LogP contribution < -0.4 is 0 Å². The van der Waals surface area contributed by atoms with Gasteiger partial charge in [-0.1, -0.05) is 66.4 Å². The summed E-state index contributed by atoms with van der Waals surface area (Å²) >= 11 is 3.13. The van der Waals surface area contributed by atoms with Crippen LogP contribution in [-0.4, -0.2) is 11.1 Å². The van der Waals surface area contributed by atoms with Crippen LogP contribution in [0.15, 0.2) is 76.5 Å². The van der Waals surface area contributed by atoms with Crippen molar-refractivity contribution in [3.8, 4) is 21.6 Å². The third-order valence-corrected chi connectivity index (χ3v) is 6.83. The molecule has 0 atom stereocenters. The monoisotopic (exact) mass is 360 g/mol. The summed E-state index contributed by atoms with van der Waals surface area (Å²) in [5.41, 5.74) is 3.23. The van der Waals surface area contributed by atoms with E-state index in [-0.39, 0.29) is 0 Å². The minimum Gasteiger partial charge on any atom is -0.477 e. The Labute approximate surface area is 152 Å². The van der Waals surface area contributed by atoms with E-state index in [2.05, 4.69) is 42.5 Å². The fourth-order valence-electron chi connectivity index (χ4n) is 3.32. The highest BCUT2D eigenvalue weighted by molar-refractivity contribution is 8.00. The van der Waals surface area contributed by atoms with Crippen LogP contribution in [0.4, 0.5) is 0 Å². The molecule has 1 aliphatic heterocycles. The van der Waals surface area contributed by atoms with Gasteiger partial charge in [0.15, 0.2) is 0 Å². The Balaban J connectivity index is 1.92. The zero-order valence-corrected chi connectivity index (χ0v) is 14.7. The SMILES string of the molecule is O=C(O)c1cc2c(s1)-c1ccc3ccccc3c1Sc1ccccc1-2. The molecule has 1 N–H and O–H groups in total. The van der Waals surface area contributed by atoms with Gasteiger partial charge in [0.1, 0.15) is 4.88 Å². The van der Waals surface area contributed by atoms with Crippen molar-refractivity contribution in [2.45, 2.75) is 9.79 Å². The minimum absolute atomic E-state index is 0.380. The van der Waals surface area contributed by atoms with Gasteiger partial charge in [0, 0.05) is 25.8 Å². The number of rotatable bonds is 1. The molecule has 0 radical (unpaired) electrons. The second-order valence-corrected chi connectivity index (χ2v) is 8.02. The van der Waals surface area contributed by atoms with Crippen LogP contribution in [0.25, 0.3) is 32.3 Å². The minimum atomic E-state index is -0.870. The molecule has 2 nitrogen and oxygen atoms in total. The molecule has 1 aromatic heterocycles. The van der Waals surface area contributed by atoms with Crippen molar-refractivity contribution < 1.29 is 9.90 Å². The fraction of sp³-hybridized carbons (Fsp3) is 0. The highest BCUT2D eigenvalue weighted by atomic mass is 32.2. The lowest BCUT2D eigenvalue weighted by atomic mass is 10.0. The van der Waals surface area contributed by atoms with Crippen molar-refractivity contribution >= 4 is 39.8 Å². The number of carboxylic acids is 1. The average Bonchev–Trinajstić information content (AvgIpc) is 3.03. The molecule has 0 saturated heterocycles. The zero-order chi connectivity index (χ0) is 17.0. The number of carboxylic acid groups (broad SMARTS) is 1. The van der Waals surface area contributed by atoms with E-state index in [0.717, 1.165) is 26.5 Å². The van der Waals surface area contributed by atoms with Crippen LogP contribution in [0.5, 0.6) is 0 Å². The van der Waals surface area contributed by atoms with Gasteiger partial charge in [-0.25, -0.2) is 4.79 Å². The summed E-state index contributed by atoms with van der Waals surface area (Å²) in [7, 11) is 0. The van der Waals surface area contributed by atoms with E-state index in [1.807, 2.05) is 24.3 Å². The Bertz CT molecular complexity index is 1160. The highest BCUT2D eigenvalue weighted by Gasteiger charge is 2.25. The predicted octanol–water partition coefficient (Wildman–Crippen LogP) is 6.40. The van der Waals surface area contributed by atoms with Crippen LogP contribution in [0, 0.1) is 0 Å². The number of carbonyl (C=O) groups is 1. The molecule has 4 aromatic rings. The molecule has 120 valence electrons. The molecular weight excluding hydrogens is 348 g/mol. The molecule has 0 spiro atoms. The van der Waals surface area contributed by atoms with Crippen LogP contribution in [0.2, 0.25) is 0 Å². The van der Waals surface area contributed by atoms with E-state index in [1.165, 1.54) is 27.0 Å². The second kappa shape index (κ2) is 5.48. The van der Waals surface area contributed by atoms with Crippen molar-refractivity contribution in [1.29, 1.82) is 0 Å². The molecule has 0 saturated carbocycles. The zero-order valence-electron chi connectivity index (χ0n) is 13.0. The number of fused-ring (bicyclic) bond motifs is 7. The Hall–Kier alpha value is -2.56. The first-order chi connectivity index (χ1) is 12.2. The fourth-order valence-corrected chi connectivity index (χ4v) is 5.65. The number of benzene rings is 3. The van der Waals surface area contributed by atoms with Crippen LogP contribution in [-0.2, 0) is 0 Å². The van der Waals surface area contributed by atoms with Crippen molar-refractivity contribution in [1.82, 2.24) is 0 Å². The summed E-state index contributed by atoms with van der Waals surface area (Å²) < 4.78 is 0. The first-order valence-electron chi connectivity index (χ1n) is 7.89. The maximum absolute atomic E-state index is 11.5. The molecule has 0 amide bonds. The normalized spacial score (nSPS) is 12.2. The number of hydrogen-bond donors (Lipinski definition) is 1. The van der Waals surface area contributed by atoms with Gasteiger partial charge in [0.05, 0.1) is 0 Å². The maximum Gasteiger partial charge on any atom is 0.345 e. The summed E-state index contributed by atoms with van der Waals surface area (Å²) in [6.45, 7) is 0. The van der Waals surface area contributed by atoms with E-state index in [4.69, 9.17) is 0 Å². The average molecular weight is 360 g/mol. The second-order valence-electron chi connectivity index (χ2n) is 5.92. The van der Waals surface area contributed by atoms with E-state index < -0.39 is 5.97 Å². The van der Waals surface area contributed by atoms with Gasteiger partial charge in [-0.15, -0.1) is 11.3 Å². The molecule has 1 aliphatic rings. The largest absolute Gasteiger partial charge is 0.477 e. The summed E-state index contributed by atoms with van der Waals surface area (Å²) in [4.78, 5) is 15.3. The summed E-state index contributed by atoms with van der Waals surface area (Å²) in [6, 6.07) is 22.6. The number of aromatic carboxylic acids is 1. The Kier molecular flexibility index (Phi) is 3.23. The predicted molar refractivity (Wildman–Crippen MR) is 104 cm³/mol. The third-order valence-electron chi connectivity index (χ3n) is 4.46. The van der Waals surface area contributed by atoms with Crippen LogP contribution in [0.1, 0.15) is 9.67 Å². The van der Waals surface area contributed by atoms with E-state index in [9.17, 15) is 9.90 Å². The summed E-state index contributed by atoms with van der Waals surface area (Å²) in [6.07, 6.45) is 0. The molecular formula is C21H12O2S2. The smallest absolute Gasteiger partial charge is 0.345 e. The van der Waals surface area contributed by atoms with Gasteiger partial charge in [0.25, 0.3) is 0 Å². The molecule has 0 fully saturated rings. The topological polar surface area (TPSA) is 37.3 Å². The summed E-state index contributed by atoms with van der Waals surface area (Å²) in [5, 5.41) is 11.9. The Morgan fingerprint density at radius 1 is 0.840 bits per heavy atom. The molecule has 3 aromatic carbocycles. The third kappa shape index (κ3) is 2.22.